The molecule has 1 aliphatic heterocycles. The molecule has 114 valence electrons. The molecule has 2 atom stereocenters. The largest absolute Gasteiger partial charge is 0.491 e. The number of carbonyl (C=O) groups excluding carboxylic acids is 1. The molecule has 4 nitrogen and oxygen atoms in total. The molecule has 0 spiro atoms. The van der Waals surface area contributed by atoms with E-state index in [1.165, 1.54) is 0 Å². The molecule has 0 fully saturated rings. The summed E-state index contributed by atoms with van der Waals surface area (Å²) < 4.78 is 5.62. The fourth-order valence-electron chi connectivity index (χ4n) is 2.54. The van der Waals surface area contributed by atoms with Crippen molar-refractivity contribution in [1.29, 1.82) is 0 Å². The fourth-order valence-corrected chi connectivity index (χ4v) is 2.78. The Bertz CT molecular complexity index is 689. The molecular formula is C17H16ClNO3. The van der Waals surface area contributed by atoms with Gasteiger partial charge in [0.1, 0.15) is 12.4 Å². The van der Waals surface area contributed by atoms with Crippen molar-refractivity contribution in [2.45, 2.75) is 18.6 Å². The van der Waals surface area contributed by atoms with Gasteiger partial charge in [0.2, 0.25) is 0 Å². The Hall–Kier alpha value is -2.04. The number of nitrogens with one attached hydrogen (secondary N) is 1. The summed E-state index contributed by atoms with van der Waals surface area (Å²) in [7, 11) is 0. The highest BCUT2D eigenvalue weighted by Crippen LogP contribution is 2.25. The average molecular weight is 318 g/mol. The minimum absolute atomic E-state index is 0.167. The topological polar surface area (TPSA) is 58.6 Å². The zero-order valence-electron chi connectivity index (χ0n) is 11.8. The van der Waals surface area contributed by atoms with Gasteiger partial charge < -0.3 is 15.2 Å². The number of para-hydroxylation sites is 1. The van der Waals surface area contributed by atoms with Crippen LogP contribution in [-0.4, -0.2) is 23.7 Å². The summed E-state index contributed by atoms with van der Waals surface area (Å²) in [5, 5.41) is 13.3. The van der Waals surface area contributed by atoms with Crippen molar-refractivity contribution in [2.75, 3.05) is 6.61 Å². The second-order valence-corrected chi connectivity index (χ2v) is 5.66. The highest BCUT2D eigenvalue weighted by atomic mass is 35.5. The lowest BCUT2D eigenvalue weighted by Crippen LogP contribution is -2.44. The van der Waals surface area contributed by atoms with Gasteiger partial charge in [0, 0.05) is 10.6 Å². The van der Waals surface area contributed by atoms with Gasteiger partial charge in [-0.05, 0) is 24.1 Å². The summed E-state index contributed by atoms with van der Waals surface area (Å²) in [5.74, 6) is 0.376. The lowest BCUT2D eigenvalue weighted by Gasteiger charge is -2.27. The number of aliphatic hydroxyl groups is 1. The predicted octanol–water partition coefficient (Wildman–Crippen LogP) is 2.49. The van der Waals surface area contributed by atoms with Crippen LogP contribution >= 0.6 is 11.6 Å². The number of halogens is 1. The smallest absolute Gasteiger partial charge is 0.253 e. The number of hydrogen-bond donors (Lipinski definition) is 2. The van der Waals surface area contributed by atoms with Gasteiger partial charge in [-0.1, -0.05) is 48.0 Å². The second-order valence-electron chi connectivity index (χ2n) is 5.25. The van der Waals surface area contributed by atoms with Gasteiger partial charge in [0.05, 0.1) is 6.04 Å². The average Bonchev–Trinajstić information content (AvgIpc) is 2.54. The van der Waals surface area contributed by atoms with Crippen molar-refractivity contribution < 1.29 is 14.6 Å². The van der Waals surface area contributed by atoms with Crippen molar-refractivity contribution >= 4 is 17.5 Å². The number of rotatable bonds is 3. The monoisotopic (exact) mass is 317 g/mol. The first kappa shape index (κ1) is 14.9. The van der Waals surface area contributed by atoms with E-state index in [0.717, 1.165) is 11.3 Å². The number of carbonyl (C=O) groups is 1. The lowest BCUT2D eigenvalue weighted by atomic mass is 10.0. The Morgan fingerprint density at radius 3 is 2.77 bits per heavy atom. The maximum absolute atomic E-state index is 12.2. The quantitative estimate of drug-likeness (QED) is 0.914. The number of hydrogen-bond acceptors (Lipinski definition) is 3. The van der Waals surface area contributed by atoms with Crippen molar-refractivity contribution in [2.24, 2.45) is 0 Å². The van der Waals surface area contributed by atoms with E-state index in [2.05, 4.69) is 5.32 Å². The van der Waals surface area contributed by atoms with Crippen molar-refractivity contribution in [1.82, 2.24) is 5.32 Å². The first-order valence-electron chi connectivity index (χ1n) is 7.08. The van der Waals surface area contributed by atoms with Crippen LogP contribution in [0.5, 0.6) is 5.75 Å². The molecule has 0 aliphatic carbocycles. The summed E-state index contributed by atoms with van der Waals surface area (Å²) in [6.07, 6.45) is -0.608. The Morgan fingerprint density at radius 1 is 1.23 bits per heavy atom. The number of aliphatic hydroxyl groups excluding tert-OH is 1. The van der Waals surface area contributed by atoms with Crippen LogP contribution in [0.25, 0.3) is 0 Å². The molecule has 2 N–H and O–H groups in total. The third kappa shape index (κ3) is 3.08. The number of amides is 1. The zero-order valence-corrected chi connectivity index (χ0v) is 12.6. The third-order valence-corrected chi connectivity index (χ3v) is 4.02. The molecule has 1 amide bonds. The lowest BCUT2D eigenvalue weighted by molar-refractivity contribution is -0.130. The van der Waals surface area contributed by atoms with E-state index in [9.17, 15) is 9.90 Å². The number of fused-ring (bicyclic) bond motifs is 1. The van der Waals surface area contributed by atoms with Gasteiger partial charge in [0.25, 0.3) is 5.91 Å². The Balaban J connectivity index is 1.67. The maximum atomic E-state index is 12.2. The summed E-state index contributed by atoms with van der Waals surface area (Å²) in [5.41, 5.74) is 1.45. The van der Waals surface area contributed by atoms with E-state index >= 15 is 0 Å². The van der Waals surface area contributed by atoms with Crippen LogP contribution < -0.4 is 10.1 Å². The van der Waals surface area contributed by atoms with E-state index in [1.807, 2.05) is 24.3 Å². The standard InChI is InChI=1S/C17H16ClNO3/c18-14-7-3-2-6-13(14)16(20)17(21)19-12-9-11-5-1-4-8-15(11)22-10-12/h1-8,12,16,20H,9-10H2,(H,19,21)/t12?,16-/m1/s1. The summed E-state index contributed by atoms with van der Waals surface area (Å²) in [4.78, 5) is 12.2. The van der Waals surface area contributed by atoms with Gasteiger partial charge in [-0.3, -0.25) is 4.79 Å². The van der Waals surface area contributed by atoms with Crippen molar-refractivity contribution in [3.05, 3.63) is 64.7 Å². The molecule has 0 saturated heterocycles. The summed E-state index contributed by atoms with van der Waals surface area (Å²) in [6.45, 7) is 0.387. The highest BCUT2D eigenvalue weighted by Gasteiger charge is 2.25. The van der Waals surface area contributed by atoms with Gasteiger partial charge in [-0.2, -0.15) is 0 Å². The molecule has 2 aromatic carbocycles. The SMILES string of the molecule is O=C(NC1COc2ccccc2C1)[C@H](O)c1ccccc1Cl. The van der Waals surface area contributed by atoms with Crippen molar-refractivity contribution in [3.8, 4) is 5.75 Å². The van der Waals surface area contributed by atoms with Crippen LogP contribution in [-0.2, 0) is 11.2 Å². The van der Waals surface area contributed by atoms with Gasteiger partial charge in [-0.15, -0.1) is 0 Å². The van der Waals surface area contributed by atoms with Crippen LogP contribution in [0.15, 0.2) is 48.5 Å². The van der Waals surface area contributed by atoms with Crippen LogP contribution in [0.2, 0.25) is 5.02 Å². The third-order valence-electron chi connectivity index (χ3n) is 3.67. The predicted molar refractivity (Wildman–Crippen MR) is 84.0 cm³/mol. The normalized spacial score (nSPS) is 18.0. The Labute approximate surface area is 133 Å². The molecule has 0 radical (unpaired) electrons. The molecule has 5 heteroatoms. The van der Waals surface area contributed by atoms with E-state index in [0.29, 0.717) is 23.6 Å². The van der Waals surface area contributed by atoms with E-state index in [1.54, 1.807) is 24.3 Å². The van der Waals surface area contributed by atoms with Crippen LogP contribution in [0.1, 0.15) is 17.2 Å². The first-order chi connectivity index (χ1) is 10.6. The van der Waals surface area contributed by atoms with E-state index < -0.39 is 12.0 Å². The molecular weight excluding hydrogens is 302 g/mol. The minimum Gasteiger partial charge on any atom is -0.491 e. The maximum Gasteiger partial charge on any atom is 0.253 e. The molecule has 1 heterocycles. The van der Waals surface area contributed by atoms with Gasteiger partial charge in [-0.25, -0.2) is 0 Å². The van der Waals surface area contributed by atoms with E-state index in [-0.39, 0.29) is 6.04 Å². The molecule has 3 rings (SSSR count). The highest BCUT2D eigenvalue weighted by molar-refractivity contribution is 6.31. The molecule has 0 bridgehead atoms. The first-order valence-corrected chi connectivity index (χ1v) is 7.46. The Morgan fingerprint density at radius 2 is 1.95 bits per heavy atom. The van der Waals surface area contributed by atoms with Crippen LogP contribution in [0, 0.1) is 0 Å². The van der Waals surface area contributed by atoms with E-state index in [4.69, 9.17) is 16.3 Å². The van der Waals surface area contributed by atoms with Crippen molar-refractivity contribution in [3.63, 3.8) is 0 Å². The molecule has 1 unspecified atom stereocenters. The van der Waals surface area contributed by atoms with Crippen LogP contribution in [0.4, 0.5) is 0 Å². The van der Waals surface area contributed by atoms with Crippen LogP contribution in [0.3, 0.4) is 0 Å². The second kappa shape index (κ2) is 6.38. The number of ether oxygens (including phenoxy) is 1. The molecule has 1 aliphatic rings. The summed E-state index contributed by atoms with van der Waals surface area (Å²) in [6, 6.07) is 14.3. The Kier molecular flexibility index (Phi) is 4.32. The zero-order chi connectivity index (χ0) is 15.5. The molecule has 0 aromatic heterocycles. The summed E-state index contributed by atoms with van der Waals surface area (Å²) >= 11 is 6.01. The molecule has 22 heavy (non-hydrogen) atoms. The van der Waals surface area contributed by atoms with Gasteiger partial charge in [0.15, 0.2) is 6.10 Å². The minimum atomic E-state index is -1.29. The molecule has 2 aromatic rings. The fraction of sp³-hybridized carbons (Fsp3) is 0.235. The number of benzene rings is 2. The van der Waals surface area contributed by atoms with Gasteiger partial charge >= 0.3 is 0 Å². The molecule has 0 saturated carbocycles.